The molecule has 0 amide bonds. The van der Waals surface area contributed by atoms with Crippen LogP contribution in [0.5, 0.6) is 0 Å². The van der Waals surface area contributed by atoms with E-state index in [0.29, 0.717) is 19.8 Å². The normalized spacial score (nSPS) is 17.3. The van der Waals surface area contributed by atoms with Crippen LogP contribution in [0, 0.1) is 16.7 Å². The molecular formula is C14H14N2OS. The summed E-state index contributed by atoms with van der Waals surface area (Å²) in [4.78, 5) is 0. The number of rotatable bonds is 4. The summed E-state index contributed by atoms with van der Waals surface area (Å²) in [6.45, 7) is 2.63. The van der Waals surface area contributed by atoms with Crippen LogP contribution in [-0.2, 0) is 11.3 Å². The molecule has 2 aromatic rings. The van der Waals surface area contributed by atoms with Crippen molar-refractivity contribution in [3.8, 4) is 6.07 Å². The van der Waals surface area contributed by atoms with Gasteiger partial charge in [0.1, 0.15) is 5.41 Å². The second-order valence-electron chi connectivity index (χ2n) is 4.75. The molecule has 0 unspecified atom stereocenters. The van der Waals surface area contributed by atoms with E-state index in [0.717, 1.165) is 6.54 Å². The molecule has 0 bridgehead atoms. The minimum Gasteiger partial charge on any atom is -0.378 e. The zero-order valence-electron chi connectivity index (χ0n) is 9.98. The van der Waals surface area contributed by atoms with E-state index in [2.05, 4.69) is 41.0 Å². The van der Waals surface area contributed by atoms with Crippen molar-refractivity contribution >= 4 is 21.4 Å². The van der Waals surface area contributed by atoms with Gasteiger partial charge in [-0.15, -0.1) is 11.3 Å². The molecule has 2 heterocycles. The van der Waals surface area contributed by atoms with E-state index in [4.69, 9.17) is 10.00 Å². The molecule has 1 fully saturated rings. The summed E-state index contributed by atoms with van der Waals surface area (Å²) in [5.41, 5.74) is 1.01. The fraction of sp³-hybridized carbons (Fsp3) is 0.357. The van der Waals surface area contributed by atoms with Gasteiger partial charge < -0.3 is 10.1 Å². The number of thiophene rings is 1. The van der Waals surface area contributed by atoms with Crippen LogP contribution < -0.4 is 5.32 Å². The van der Waals surface area contributed by atoms with Gasteiger partial charge in [-0.1, -0.05) is 18.2 Å². The van der Waals surface area contributed by atoms with Crippen molar-refractivity contribution in [1.29, 1.82) is 5.26 Å². The summed E-state index contributed by atoms with van der Waals surface area (Å²) in [5, 5.41) is 16.0. The van der Waals surface area contributed by atoms with Crippen LogP contribution in [0.2, 0.25) is 0 Å². The maximum atomic E-state index is 9.10. The van der Waals surface area contributed by atoms with Crippen LogP contribution in [0.3, 0.4) is 0 Å². The lowest BCUT2D eigenvalue weighted by Crippen LogP contribution is -2.48. The van der Waals surface area contributed by atoms with Crippen LogP contribution >= 0.6 is 11.3 Å². The third-order valence-corrected chi connectivity index (χ3v) is 4.35. The molecule has 18 heavy (non-hydrogen) atoms. The van der Waals surface area contributed by atoms with Gasteiger partial charge in [0.15, 0.2) is 0 Å². The topological polar surface area (TPSA) is 45.0 Å². The molecule has 0 saturated carbocycles. The van der Waals surface area contributed by atoms with Crippen molar-refractivity contribution in [2.75, 3.05) is 19.8 Å². The molecule has 0 spiro atoms. The SMILES string of the molecule is N#CC1(CNCc2csc3ccccc23)COC1. The molecule has 1 N–H and O–H groups in total. The van der Waals surface area contributed by atoms with Crippen molar-refractivity contribution in [2.24, 2.45) is 5.41 Å². The Bertz CT molecular complexity index is 595. The first kappa shape index (κ1) is 11.7. The van der Waals surface area contributed by atoms with E-state index in [9.17, 15) is 0 Å². The summed E-state index contributed by atoms with van der Waals surface area (Å²) < 4.78 is 6.44. The van der Waals surface area contributed by atoms with Gasteiger partial charge in [-0.25, -0.2) is 0 Å². The minimum absolute atomic E-state index is 0.300. The number of fused-ring (bicyclic) bond motifs is 1. The van der Waals surface area contributed by atoms with Crippen molar-refractivity contribution in [1.82, 2.24) is 5.32 Å². The van der Waals surface area contributed by atoms with Gasteiger partial charge in [-0.2, -0.15) is 5.26 Å². The Balaban J connectivity index is 1.65. The second kappa shape index (κ2) is 4.69. The van der Waals surface area contributed by atoms with E-state index < -0.39 is 0 Å². The summed E-state index contributed by atoms with van der Waals surface area (Å²) >= 11 is 1.77. The summed E-state index contributed by atoms with van der Waals surface area (Å²) in [7, 11) is 0. The van der Waals surface area contributed by atoms with Crippen LogP contribution in [-0.4, -0.2) is 19.8 Å². The van der Waals surface area contributed by atoms with Crippen molar-refractivity contribution in [3.63, 3.8) is 0 Å². The molecule has 4 heteroatoms. The number of hydrogen-bond donors (Lipinski definition) is 1. The Labute approximate surface area is 110 Å². The molecule has 1 aliphatic heterocycles. The van der Waals surface area contributed by atoms with E-state index in [1.165, 1.54) is 15.6 Å². The number of nitrogens with zero attached hydrogens (tertiary/aromatic N) is 1. The molecule has 3 rings (SSSR count). The zero-order valence-corrected chi connectivity index (χ0v) is 10.8. The van der Waals surface area contributed by atoms with E-state index in [1.54, 1.807) is 11.3 Å². The first-order valence-corrected chi connectivity index (χ1v) is 6.86. The van der Waals surface area contributed by atoms with Crippen molar-refractivity contribution in [2.45, 2.75) is 6.54 Å². The quantitative estimate of drug-likeness (QED) is 0.916. The van der Waals surface area contributed by atoms with Gasteiger partial charge in [-0.3, -0.25) is 0 Å². The first-order chi connectivity index (χ1) is 8.83. The third kappa shape index (κ3) is 2.01. The number of benzene rings is 1. The number of hydrogen-bond acceptors (Lipinski definition) is 4. The highest BCUT2D eigenvalue weighted by Crippen LogP contribution is 2.27. The molecule has 92 valence electrons. The average molecular weight is 258 g/mol. The summed E-state index contributed by atoms with van der Waals surface area (Å²) in [6, 6.07) is 10.8. The molecular weight excluding hydrogens is 244 g/mol. The number of nitriles is 1. The predicted molar refractivity (Wildman–Crippen MR) is 72.4 cm³/mol. The lowest BCUT2D eigenvalue weighted by atomic mass is 9.88. The van der Waals surface area contributed by atoms with Gasteiger partial charge >= 0.3 is 0 Å². The largest absolute Gasteiger partial charge is 0.378 e. The van der Waals surface area contributed by atoms with E-state index >= 15 is 0 Å². The predicted octanol–water partition coefficient (Wildman–Crippen LogP) is 2.53. The molecule has 0 aliphatic carbocycles. The highest BCUT2D eigenvalue weighted by Gasteiger charge is 2.38. The van der Waals surface area contributed by atoms with Gasteiger partial charge in [-0.05, 0) is 22.4 Å². The molecule has 3 nitrogen and oxygen atoms in total. The van der Waals surface area contributed by atoms with Crippen LogP contribution in [0.15, 0.2) is 29.6 Å². The number of nitrogens with one attached hydrogen (secondary N) is 1. The second-order valence-corrected chi connectivity index (χ2v) is 5.66. The van der Waals surface area contributed by atoms with Crippen LogP contribution in [0.25, 0.3) is 10.1 Å². The van der Waals surface area contributed by atoms with E-state index in [1.807, 2.05) is 0 Å². The van der Waals surface area contributed by atoms with E-state index in [-0.39, 0.29) is 5.41 Å². The molecule has 1 saturated heterocycles. The fourth-order valence-electron chi connectivity index (χ4n) is 2.16. The molecule has 0 radical (unpaired) electrons. The summed E-state index contributed by atoms with van der Waals surface area (Å²) in [6.07, 6.45) is 0. The standard InChI is InChI=1S/C14H14N2OS/c15-7-14(9-17-10-14)8-16-5-11-6-18-13-4-2-1-3-12(11)13/h1-4,6,16H,5,8-10H2. The third-order valence-electron chi connectivity index (χ3n) is 3.33. The lowest BCUT2D eigenvalue weighted by Gasteiger charge is -2.35. The van der Waals surface area contributed by atoms with Gasteiger partial charge in [0.25, 0.3) is 0 Å². The molecule has 1 aromatic heterocycles. The molecule has 0 atom stereocenters. The Morgan fingerprint density at radius 1 is 1.39 bits per heavy atom. The maximum Gasteiger partial charge on any atom is 0.116 e. The Hall–Kier alpha value is -1.41. The van der Waals surface area contributed by atoms with Crippen molar-refractivity contribution < 1.29 is 4.74 Å². The highest BCUT2D eigenvalue weighted by molar-refractivity contribution is 7.17. The molecule has 1 aromatic carbocycles. The van der Waals surface area contributed by atoms with Crippen molar-refractivity contribution in [3.05, 3.63) is 35.2 Å². The minimum atomic E-state index is -0.300. The monoisotopic (exact) mass is 258 g/mol. The smallest absolute Gasteiger partial charge is 0.116 e. The Morgan fingerprint density at radius 3 is 2.94 bits per heavy atom. The van der Waals surface area contributed by atoms with Gasteiger partial charge in [0, 0.05) is 17.8 Å². The number of ether oxygens (including phenoxy) is 1. The maximum absolute atomic E-state index is 9.10. The van der Waals surface area contributed by atoms with Gasteiger partial charge in [0.2, 0.25) is 0 Å². The van der Waals surface area contributed by atoms with Crippen LogP contribution in [0.4, 0.5) is 0 Å². The first-order valence-electron chi connectivity index (χ1n) is 5.98. The lowest BCUT2D eigenvalue weighted by molar-refractivity contribution is -0.0755. The fourth-order valence-corrected chi connectivity index (χ4v) is 3.12. The Kier molecular flexibility index (Phi) is 3.04. The molecule has 1 aliphatic rings. The highest BCUT2D eigenvalue weighted by atomic mass is 32.1. The average Bonchev–Trinajstić information content (AvgIpc) is 2.76. The summed E-state index contributed by atoms with van der Waals surface area (Å²) in [5.74, 6) is 0. The van der Waals surface area contributed by atoms with Gasteiger partial charge in [0.05, 0.1) is 19.3 Å². The Morgan fingerprint density at radius 2 is 2.22 bits per heavy atom. The zero-order chi connectivity index (χ0) is 12.4. The van der Waals surface area contributed by atoms with Crippen LogP contribution in [0.1, 0.15) is 5.56 Å².